The Morgan fingerprint density at radius 3 is 2.38 bits per heavy atom. The molecule has 0 saturated carbocycles. The van der Waals surface area contributed by atoms with E-state index < -0.39 is 0 Å². The maximum atomic E-state index is 2.30. The molecule has 1 aromatic carbocycles. The van der Waals surface area contributed by atoms with E-state index in [1.54, 1.807) is 0 Å². The van der Waals surface area contributed by atoms with Crippen molar-refractivity contribution in [2.75, 3.05) is 7.05 Å². The number of thioether (sulfide) groups is 1. The van der Waals surface area contributed by atoms with Crippen molar-refractivity contribution < 1.29 is 0 Å². The summed E-state index contributed by atoms with van der Waals surface area (Å²) in [5.41, 5.74) is 4.12. The number of hydrogen-bond donors (Lipinski definition) is 0. The van der Waals surface area contributed by atoms with Gasteiger partial charge >= 0.3 is 0 Å². The number of benzene rings is 1. The fourth-order valence-electron chi connectivity index (χ4n) is 2.15. The molecule has 2 heteroatoms. The molecule has 1 aromatic rings. The third kappa shape index (κ3) is 2.43. The van der Waals surface area contributed by atoms with Gasteiger partial charge in [-0.3, -0.25) is 0 Å². The smallest absolute Gasteiger partial charge is 0.100 e. The fraction of sp³-hybridized carbons (Fsp3) is 0.429. The van der Waals surface area contributed by atoms with Crippen LogP contribution in [0.1, 0.15) is 29.0 Å². The van der Waals surface area contributed by atoms with Crippen LogP contribution in [0, 0.1) is 13.8 Å². The van der Waals surface area contributed by atoms with Crippen LogP contribution in [-0.2, 0) is 0 Å². The Bertz CT molecular complexity index is 391. The molecule has 0 spiro atoms. The van der Waals surface area contributed by atoms with Crippen LogP contribution in [0.5, 0.6) is 0 Å². The fourth-order valence-corrected chi connectivity index (χ4v) is 3.27. The lowest BCUT2D eigenvalue weighted by Gasteiger charge is -2.32. The lowest BCUT2D eigenvalue weighted by atomic mass is 10.1. The van der Waals surface area contributed by atoms with Gasteiger partial charge in [0.25, 0.3) is 0 Å². The van der Waals surface area contributed by atoms with E-state index in [4.69, 9.17) is 0 Å². The van der Waals surface area contributed by atoms with Crippen LogP contribution in [0.25, 0.3) is 0 Å². The van der Waals surface area contributed by atoms with Crippen molar-refractivity contribution in [3.63, 3.8) is 0 Å². The molecule has 2 atom stereocenters. The lowest BCUT2D eigenvalue weighted by Crippen LogP contribution is -2.22. The maximum Gasteiger partial charge on any atom is 0.100 e. The first kappa shape index (κ1) is 11.6. The quantitative estimate of drug-likeness (QED) is 0.724. The molecule has 0 saturated heterocycles. The molecule has 16 heavy (non-hydrogen) atoms. The van der Waals surface area contributed by atoms with Crippen LogP contribution in [0.3, 0.4) is 0 Å². The molecule has 1 aliphatic heterocycles. The van der Waals surface area contributed by atoms with E-state index in [-0.39, 0.29) is 0 Å². The van der Waals surface area contributed by atoms with E-state index in [0.29, 0.717) is 10.6 Å². The van der Waals surface area contributed by atoms with Gasteiger partial charge in [-0.15, -0.1) is 11.8 Å². The Morgan fingerprint density at radius 1 is 1.12 bits per heavy atom. The van der Waals surface area contributed by atoms with E-state index in [0.717, 1.165) is 0 Å². The third-order valence-electron chi connectivity index (χ3n) is 2.83. The molecule has 1 heterocycles. The molecule has 2 rings (SSSR count). The van der Waals surface area contributed by atoms with Crippen LogP contribution >= 0.6 is 11.8 Å². The van der Waals surface area contributed by atoms with Gasteiger partial charge < -0.3 is 4.90 Å². The summed E-state index contributed by atoms with van der Waals surface area (Å²) < 4.78 is 0. The monoisotopic (exact) mass is 233 g/mol. The Kier molecular flexibility index (Phi) is 3.29. The van der Waals surface area contributed by atoms with Gasteiger partial charge in [-0.25, -0.2) is 0 Å². The summed E-state index contributed by atoms with van der Waals surface area (Å²) in [6, 6.07) is 6.83. The van der Waals surface area contributed by atoms with Crippen molar-refractivity contribution in [3.8, 4) is 0 Å². The second-order valence-corrected chi connectivity index (χ2v) is 6.08. The first-order valence-electron chi connectivity index (χ1n) is 5.70. The highest BCUT2D eigenvalue weighted by Gasteiger charge is 2.21. The summed E-state index contributed by atoms with van der Waals surface area (Å²) >= 11 is 2.00. The van der Waals surface area contributed by atoms with Gasteiger partial charge in [-0.05, 0) is 32.5 Å². The van der Waals surface area contributed by atoms with Crippen molar-refractivity contribution in [1.82, 2.24) is 4.90 Å². The zero-order valence-electron chi connectivity index (χ0n) is 10.4. The first-order chi connectivity index (χ1) is 7.56. The molecule has 0 N–H and O–H groups in total. The third-order valence-corrected chi connectivity index (χ3v) is 4.28. The van der Waals surface area contributed by atoms with E-state index in [1.807, 2.05) is 11.8 Å². The van der Waals surface area contributed by atoms with Crippen LogP contribution in [0.2, 0.25) is 0 Å². The van der Waals surface area contributed by atoms with E-state index in [9.17, 15) is 0 Å². The van der Waals surface area contributed by atoms with Crippen molar-refractivity contribution in [1.29, 1.82) is 0 Å². The van der Waals surface area contributed by atoms with Crippen molar-refractivity contribution in [3.05, 3.63) is 47.2 Å². The van der Waals surface area contributed by atoms with E-state index in [1.165, 1.54) is 16.7 Å². The van der Waals surface area contributed by atoms with Gasteiger partial charge in [0.1, 0.15) is 5.37 Å². The predicted octanol–water partition coefficient (Wildman–Crippen LogP) is 3.88. The summed E-state index contributed by atoms with van der Waals surface area (Å²) in [4.78, 5) is 2.29. The second kappa shape index (κ2) is 4.54. The summed E-state index contributed by atoms with van der Waals surface area (Å²) in [6.45, 7) is 6.59. The van der Waals surface area contributed by atoms with E-state index in [2.05, 4.69) is 63.2 Å². The van der Waals surface area contributed by atoms with Crippen LogP contribution in [-0.4, -0.2) is 17.2 Å². The second-order valence-electron chi connectivity index (χ2n) is 4.62. The highest BCUT2D eigenvalue weighted by molar-refractivity contribution is 8.00. The minimum atomic E-state index is 0.457. The Balaban J connectivity index is 2.33. The standard InChI is InChI=1S/C14H19NS/c1-10-7-11(2)9-13(8-10)14-15(4)6-5-12(3)16-14/h5-9,12,14H,1-4H3/t12-,14?/m1/s1. The molecular formula is C14H19NS. The Labute approximate surface area is 103 Å². The van der Waals surface area contributed by atoms with Crippen molar-refractivity contribution in [2.45, 2.75) is 31.4 Å². The lowest BCUT2D eigenvalue weighted by molar-refractivity contribution is 0.431. The molecule has 0 fully saturated rings. The minimum absolute atomic E-state index is 0.457. The van der Waals surface area contributed by atoms with Crippen LogP contribution in [0.4, 0.5) is 0 Å². The van der Waals surface area contributed by atoms with Gasteiger partial charge in [0.05, 0.1) is 0 Å². The normalized spacial score (nSPS) is 24.9. The maximum absolute atomic E-state index is 2.30. The summed E-state index contributed by atoms with van der Waals surface area (Å²) in [5.74, 6) is 0. The Morgan fingerprint density at radius 2 is 1.75 bits per heavy atom. The van der Waals surface area contributed by atoms with Crippen LogP contribution in [0.15, 0.2) is 30.5 Å². The zero-order chi connectivity index (χ0) is 11.7. The number of rotatable bonds is 1. The molecule has 86 valence electrons. The highest BCUT2D eigenvalue weighted by atomic mass is 32.2. The Hall–Kier alpha value is -0.890. The SMILES string of the molecule is Cc1cc(C)cc(C2S[C@H](C)C=CN2C)c1. The molecular weight excluding hydrogens is 214 g/mol. The average molecular weight is 233 g/mol. The molecule has 0 aromatic heterocycles. The summed E-state index contributed by atoms with van der Waals surface area (Å²) in [5, 5.41) is 1.06. The zero-order valence-corrected chi connectivity index (χ0v) is 11.2. The molecule has 0 bridgehead atoms. The van der Waals surface area contributed by atoms with Gasteiger partial charge in [0.2, 0.25) is 0 Å². The molecule has 0 amide bonds. The molecule has 0 radical (unpaired) electrons. The topological polar surface area (TPSA) is 3.24 Å². The number of nitrogens with zero attached hydrogens (tertiary/aromatic N) is 1. The van der Waals surface area contributed by atoms with E-state index >= 15 is 0 Å². The molecule has 1 aliphatic rings. The van der Waals surface area contributed by atoms with Gasteiger partial charge in [0, 0.05) is 12.3 Å². The van der Waals surface area contributed by atoms with Crippen molar-refractivity contribution in [2.24, 2.45) is 0 Å². The molecule has 1 nitrogen and oxygen atoms in total. The highest BCUT2D eigenvalue weighted by Crippen LogP contribution is 2.38. The predicted molar refractivity (Wildman–Crippen MR) is 72.6 cm³/mol. The molecule has 1 unspecified atom stereocenters. The van der Waals surface area contributed by atoms with Gasteiger partial charge in [-0.1, -0.05) is 35.4 Å². The largest absolute Gasteiger partial charge is 0.365 e. The number of aryl methyl sites for hydroxylation is 2. The van der Waals surface area contributed by atoms with Gasteiger partial charge in [0.15, 0.2) is 0 Å². The average Bonchev–Trinajstić information content (AvgIpc) is 2.20. The minimum Gasteiger partial charge on any atom is -0.365 e. The number of hydrogen-bond acceptors (Lipinski definition) is 2. The first-order valence-corrected chi connectivity index (χ1v) is 6.64. The van der Waals surface area contributed by atoms with Crippen LogP contribution < -0.4 is 0 Å². The van der Waals surface area contributed by atoms with Crippen molar-refractivity contribution >= 4 is 11.8 Å². The summed E-state index contributed by atoms with van der Waals surface area (Å²) in [7, 11) is 2.15. The van der Waals surface area contributed by atoms with Gasteiger partial charge in [-0.2, -0.15) is 0 Å². The summed E-state index contributed by atoms with van der Waals surface area (Å²) in [6.07, 6.45) is 4.45. The molecule has 0 aliphatic carbocycles.